The van der Waals surface area contributed by atoms with Gasteiger partial charge in [0, 0.05) is 24.1 Å². The van der Waals surface area contributed by atoms with Crippen LogP contribution in [0.3, 0.4) is 0 Å². The number of carbonyl (C=O) groups is 1. The summed E-state index contributed by atoms with van der Waals surface area (Å²) >= 11 is 6.07. The largest absolute Gasteiger partial charge is 0.444 e. The maximum Gasteiger partial charge on any atom is 0.410 e. The molecule has 0 radical (unpaired) electrons. The number of aliphatic hydroxyl groups excluding tert-OH is 1. The van der Waals surface area contributed by atoms with Crippen LogP contribution in [-0.4, -0.2) is 53.3 Å². The van der Waals surface area contributed by atoms with E-state index >= 15 is 0 Å². The summed E-state index contributed by atoms with van der Waals surface area (Å²) < 4.78 is 37.0. The summed E-state index contributed by atoms with van der Waals surface area (Å²) in [5.74, 6) is 0.805. The SMILES string of the molecule is Cc1nc(-c2ccc(S(=O)(=O)c3ccc(CCN(CC(O)c4cccc(Cl)c4)C(=O)OC(C)(C)C)cc3)cc2)no1. The predicted octanol–water partition coefficient (Wildman–Crippen LogP) is 6.04. The molecule has 1 unspecified atom stereocenters. The molecular formula is C30H32ClN3O6S. The Bertz CT molecular complexity index is 1600. The zero-order chi connectivity index (χ0) is 29.8. The Morgan fingerprint density at radius 1 is 1.05 bits per heavy atom. The number of rotatable bonds is 9. The summed E-state index contributed by atoms with van der Waals surface area (Å²) in [6.07, 6.45) is -1.11. The van der Waals surface area contributed by atoms with E-state index in [0.717, 1.165) is 5.56 Å². The van der Waals surface area contributed by atoms with Gasteiger partial charge in [-0.05, 0) is 86.8 Å². The number of ether oxygens (including phenoxy) is 1. The topological polar surface area (TPSA) is 123 Å². The average Bonchev–Trinajstić information content (AvgIpc) is 3.36. The van der Waals surface area contributed by atoms with Gasteiger partial charge in [0.25, 0.3) is 0 Å². The summed E-state index contributed by atoms with van der Waals surface area (Å²) in [5.41, 5.74) is 1.33. The second-order valence-electron chi connectivity index (χ2n) is 10.6. The van der Waals surface area contributed by atoms with Crippen LogP contribution in [0.5, 0.6) is 0 Å². The van der Waals surface area contributed by atoms with Gasteiger partial charge in [-0.25, -0.2) is 13.2 Å². The number of hydrogen-bond acceptors (Lipinski definition) is 8. The molecule has 1 aromatic heterocycles. The first-order valence-electron chi connectivity index (χ1n) is 13.0. The van der Waals surface area contributed by atoms with Gasteiger partial charge in [-0.3, -0.25) is 0 Å². The molecule has 0 fully saturated rings. The van der Waals surface area contributed by atoms with Crippen LogP contribution in [-0.2, 0) is 21.0 Å². The number of aryl methyl sites for hydroxylation is 1. The second kappa shape index (κ2) is 12.4. The highest BCUT2D eigenvalue weighted by atomic mass is 35.5. The molecule has 216 valence electrons. The van der Waals surface area contributed by atoms with Crippen LogP contribution in [0.2, 0.25) is 5.02 Å². The predicted molar refractivity (Wildman–Crippen MR) is 154 cm³/mol. The molecule has 9 nitrogen and oxygen atoms in total. The third-order valence-electron chi connectivity index (χ3n) is 6.13. The molecule has 1 N–H and O–H groups in total. The first kappa shape index (κ1) is 30.2. The summed E-state index contributed by atoms with van der Waals surface area (Å²) in [6.45, 7) is 7.25. The number of sulfone groups is 1. The van der Waals surface area contributed by atoms with Gasteiger partial charge in [-0.15, -0.1) is 0 Å². The van der Waals surface area contributed by atoms with Crippen molar-refractivity contribution in [3.63, 3.8) is 0 Å². The molecule has 1 heterocycles. The monoisotopic (exact) mass is 597 g/mol. The van der Waals surface area contributed by atoms with Crippen LogP contribution in [0, 0.1) is 6.92 Å². The second-order valence-corrected chi connectivity index (χ2v) is 12.9. The molecule has 4 aromatic rings. The van der Waals surface area contributed by atoms with E-state index in [-0.39, 0.29) is 22.9 Å². The number of halogens is 1. The average molecular weight is 598 g/mol. The highest BCUT2D eigenvalue weighted by Crippen LogP contribution is 2.25. The van der Waals surface area contributed by atoms with E-state index in [4.69, 9.17) is 20.9 Å². The zero-order valence-corrected chi connectivity index (χ0v) is 24.8. The summed E-state index contributed by atoms with van der Waals surface area (Å²) in [6, 6.07) is 19.6. The fraction of sp³-hybridized carbons (Fsp3) is 0.300. The van der Waals surface area contributed by atoms with Gasteiger partial charge in [-0.1, -0.05) is 41.0 Å². The lowest BCUT2D eigenvalue weighted by Crippen LogP contribution is -2.40. The Balaban J connectivity index is 1.45. The Morgan fingerprint density at radius 2 is 1.68 bits per heavy atom. The normalized spacial score (nSPS) is 12.6. The molecule has 0 saturated heterocycles. The Kier molecular flexibility index (Phi) is 9.16. The van der Waals surface area contributed by atoms with Crippen LogP contribution >= 0.6 is 11.6 Å². The molecule has 0 aliphatic carbocycles. The Hall–Kier alpha value is -3.73. The molecule has 0 saturated carbocycles. The zero-order valence-electron chi connectivity index (χ0n) is 23.2. The number of aromatic nitrogens is 2. The van der Waals surface area contributed by atoms with E-state index < -0.39 is 27.6 Å². The summed E-state index contributed by atoms with van der Waals surface area (Å²) in [7, 11) is -3.76. The quantitative estimate of drug-likeness (QED) is 0.247. The number of carbonyl (C=O) groups excluding carboxylic acids is 1. The van der Waals surface area contributed by atoms with Crippen molar-refractivity contribution in [1.29, 1.82) is 0 Å². The lowest BCUT2D eigenvalue weighted by Gasteiger charge is -2.29. The minimum Gasteiger partial charge on any atom is -0.444 e. The number of hydrogen-bond donors (Lipinski definition) is 1. The van der Waals surface area contributed by atoms with Crippen molar-refractivity contribution in [3.8, 4) is 11.4 Å². The maximum atomic E-state index is 13.2. The minimum atomic E-state index is -3.76. The molecule has 11 heteroatoms. The Morgan fingerprint density at radius 3 is 2.24 bits per heavy atom. The molecule has 1 atom stereocenters. The van der Waals surface area contributed by atoms with Gasteiger partial charge in [0.05, 0.1) is 22.4 Å². The molecule has 1 amide bonds. The van der Waals surface area contributed by atoms with Crippen LogP contribution < -0.4 is 0 Å². The molecule has 41 heavy (non-hydrogen) atoms. The van der Waals surface area contributed by atoms with Gasteiger partial charge in [0.15, 0.2) is 0 Å². The lowest BCUT2D eigenvalue weighted by molar-refractivity contribution is 0.0147. The molecular weight excluding hydrogens is 566 g/mol. The van der Waals surface area contributed by atoms with Crippen molar-refractivity contribution in [3.05, 3.63) is 94.8 Å². The van der Waals surface area contributed by atoms with E-state index in [1.54, 1.807) is 88.4 Å². The highest BCUT2D eigenvalue weighted by Gasteiger charge is 2.25. The molecule has 3 aromatic carbocycles. The van der Waals surface area contributed by atoms with Crippen LogP contribution in [0.15, 0.2) is 87.1 Å². The third kappa shape index (κ3) is 7.93. The first-order valence-corrected chi connectivity index (χ1v) is 14.8. The van der Waals surface area contributed by atoms with E-state index in [9.17, 15) is 18.3 Å². The molecule has 4 rings (SSSR count). The van der Waals surface area contributed by atoms with Crippen molar-refractivity contribution in [2.75, 3.05) is 13.1 Å². The summed E-state index contributed by atoms with van der Waals surface area (Å²) in [4.78, 5) is 18.8. The standard InChI is InChI=1S/C30H32ClN3O6S/c1-20-32-28(33-40-20)22-10-14-26(15-11-22)41(37,38)25-12-8-21(9-13-25)16-17-34(29(36)39-30(2,3)4)19-27(35)23-6-5-7-24(31)18-23/h5-15,18,27,35H,16-17,19H2,1-4H3. The van der Waals surface area contributed by atoms with Crippen LogP contribution in [0.25, 0.3) is 11.4 Å². The van der Waals surface area contributed by atoms with E-state index in [1.807, 2.05) is 0 Å². The fourth-order valence-corrected chi connectivity index (χ4v) is 5.51. The van der Waals surface area contributed by atoms with Gasteiger partial charge < -0.3 is 19.3 Å². The van der Waals surface area contributed by atoms with Crippen molar-refractivity contribution >= 4 is 27.5 Å². The first-order chi connectivity index (χ1) is 19.3. The van der Waals surface area contributed by atoms with Crippen molar-refractivity contribution < 1.29 is 27.6 Å². The number of nitrogens with zero attached hydrogens (tertiary/aromatic N) is 3. The lowest BCUT2D eigenvalue weighted by atomic mass is 10.1. The van der Waals surface area contributed by atoms with Crippen molar-refractivity contribution in [1.82, 2.24) is 15.0 Å². The van der Waals surface area contributed by atoms with Crippen molar-refractivity contribution in [2.24, 2.45) is 0 Å². The van der Waals surface area contributed by atoms with E-state index in [0.29, 0.717) is 34.3 Å². The molecule has 0 aliphatic rings. The van der Waals surface area contributed by atoms with Gasteiger partial charge in [0.2, 0.25) is 21.6 Å². The van der Waals surface area contributed by atoms with Gasteiger partial charge in [-0.2, -0.15) is 4.98 Å². The van der Waals surface area contributed by atoms with Crippen LogP contribution in [0.4, 0.5) is 4.79 Å². The van der Waals surface area contributed by atoms with E-state index in [2.05, 4.69) is 10.1 Å². The number of amides is 1. The molecule has 0 bridgehead atoms. The van der Waals surface area contributed by atoms with Gasteiger partial charge >= 0.3 is 6.09 Å². The smallest absolute Gasteiger partial charge is 0.410 e. The highest BCUT2D eigenvalue weighted by molar-refractivity contribution is 7.91. The third-order valence-corrected chi connectivity index (χ3v) is 8.15. The number of aliphatic hydroxyl groups is 1. The van der Waals surface area contributed by atoms with Crippen molar-refractivity contribution in [2.45, 2.75) is 55.6 Å². The Labute approximate surface area is 244 Å². The minimum absolute atomic E-state index is 0.00113. The summed E-state index contributed by atoms with van der Waals surface area (Å²) in [5, 5.41) is 15.1. The number of benzene rings is 3. The van der Waals surface area contributed by atoms with Crippen LogP contribution in [0.1, 0.15) is 43.9 Å². The van der Waals surface area contributed by atoms with Gasteiger partial charge in [0.1, 0.15) is 5.60 Å². The molecule has 0 aliphatic heterocycles. The maximum absolute atomic E-state index is 13.2. The van der Waals surface area contributed by atoms with E-state index in [1.165, 1.54) is 17.0 Å². The molecule has 0 spiro atoms. The fourth-order valence-electron chi connectivity index (χ4n) is 4.05.